The third-order valence-electron chi connectivity index (χ3n) is 2.96. The molecule has 0 aromatic heterocycles. The van der Waals surface area contributed by atoms with Crippen LogP contribution in [0.2, 0.25) is 0 Å². The Morgan fingerprint density at radius 3 is 1.44 bits per heavy atom. The Kier molecular flexibility index (Phi) is 1.45. The second-order valence-electron chi connectivity index (χ2n) is 3.85. The minimum absolute atomic E-state index is 0.0640. The summed E-state index contributed by atoms with van der Waals surface area (Å²) in [6.45, 7) is 0. The fraction of sp³-hybridized carbons (Fsp3) is 0. The SMILES string of the molecule is Nc1ccc2c(c1O)=c1ccc(N)c(O)c1=2. The molecule has 0 amide bonds. The Balaban J connectivity index is 2.65. The molecule has 0 bridgehead atoms. The van der Waals surface area contributed by atoms with Gasteiger partial charge in [-0.3, -0.25) is 0 Å². The molecule has 0 radical (unpaired) electrons. The molecule has 80 valence electrons. The molecule has 16 heavy (non-hydrogen) atoms. The number of hydrogen-bond donors (Lipinski definition) is 4. The Hall–Kier alpha value is -2.36. The second-order valence-corrected chi connectivity index (χ2v) is 3.85. The van der Waals surface area contributed by atoms with E-state index in [-0.39, 0.29) is 11.5 Å². The van der Waals surface area contributed by atoms with Gasteiger partial charge in [-0.2, -0.15) is 0 Å². The first kappa shape index (κ1) is 8.91. The fourth-order valence-corrected chi connectivity index (χ4v) is 2.11. The molecule has 4 heteroatoms. The van der Waals surface area contributed by atoms with Gasteiger partial charge in [0.2, 0.25) is 0 Å². The first-order valence-electron chi connectivity index (χ1n) is 4.85. The van der Waals surface area contributed by atoms with Crippen molar-refractivity contribution in [2.75, 3.05) is 11.5 Å². The van der Waals surface area contributed by atoms with Gasteiger partial charge < -0.3 is 21.7 Å². The van der Waals surface area contributed by atoms with E-state index < -0.39 is 0 Å². The van der Waals surface area contributed by atoms with Crippen molar-refractivity contribution in [3.63, 3.8) is 0 Å². The molecule has 1 aliphatic carbocycles. The molecule has 0 saturated carbocycles. The van der Waals surface area contributed by atoms with Crippen LogP contribution in [-0.2, 0) is 0 Å². The van der Waals surface area contributed by atoms with Gasteiger partial charge in [0.15, 0.2) is 0 Å². The van der Waals surface area contributed by atoms with Crippen molar-refractivity contribution in [1.82, 2.24) is 0 Å². The average molecular weight is 214 g/mol. The zero-order valence-electron chi connectivity index (χ0n) is 8.36. The Bertz CT molecular complexity index is 705. The summed E-state index contributed by atoms with van der Waals surface area (Å²) in [5, 5.41) is 22.6. The summed E-state index contributed by atoms with van der Waals surface area (Å²) in [7, 11) is 0. The zero-order chi connectivity index (χ0) is 11.4. The summed E-state index contributed by atoms with van der Waals surface area (Å²) in [5.74, 6) is 0.128. The number of rotatable bonds is 0. The lowest BCUT2D eigenvalue weighted by Crippen LogP contribution is -1.97. The first-order chi connectivity index (χ1) is 7.61. The van der Waals surface area contributed by atoms with E-state index >= 15 is 0 Å². The maximum Gasteiger partial charge on any atom is 0.146 e. The first-order valence-corrected chi connectivity index (χ1v) is 4.85. The average Bonchev–Trinajstić information content (AvgIpc) is 2.22. The van der Waals surface area contributed by atoms with Gasteiger partial charge in [0.05, 0.1) is 11.4 Å². The van der Waals surface area contributed by atoms with Crippen molar-refractivity contribution in [1.29, 1.82) is 0 Å². The molecule has 6 N–H and O–H groups in total. The molecule has 0 atom stereocenters. The number of aromatic hydroxyl groups is 2. The molecule has 0 saturated heterocycles. The van der Waals surface area contributed by atoms with Crippen LogP contribution in [-0.4, -0.2) is 10.2 Å². The van der Waals surface area contributed by atoms with Crippen molar-refractivity contribution < 1.29 is 10.2 Å². The predicted octanol–water partition coefficient (Wildman–Crippen LogP) is 1.15. The van der Waals surface area contributed by atoms with Gasteiger partial charge in [0.25, 0.3) is 0 Å². The fourth-order valence-electron chi connectivity index (χ4n) is 2.11. The van der Waals surface area contributed by atoms with Crippen LogP contribution in [0.4, 0.5) is 11.4 Å². The molecule has 2 aromatic rings. The largest absolute Gasteiger partial charge is 0.505 e. The van der Waals surface area contributed by atoms with Gasteiger partial charge in [-0.15, -0.1) is 0 Å². The second kappa shape index (κ2) is 2.61. The standard InChI is InChI=1S/C12H10N2O2/c13-7-3-1-5-9(11(7)15)6-2-4-8(14)12(16)10(5)6/h1-4,15-16H,13-14H2. The third-order valence-corrected chi connectivity index (χ3v) is 2.96. The van der Waals surface area contributed by atoms with Gasteiger partial charge in [0.1, 0.15) is 11.5 Å². The quantitative estimate of drug-likeness (QED) is 0.333. The molecule has 0 spiro atoms. The number of fused-ring (bicyclic) bond motifs is 2. The van der Waals surface area contributed by atoms with E-state index in [1.165, 1.54) is 0 Å². The Morgan fingerprint density at radius 1 is 0.688 bits per heavy atom. The topological polar surface area (TPSA) is 92.5 Å². The van der Waals surface area contributed by atoms with Crippen LogP contribution in [0.3, 0.4) is 0 Å². The van der Waals surface area contributed by atoms with Crippen LogP contribution in [0.25, 0.3) is 0 Å². The highest BCUT2D eigenvalue weighted by Gasteiger charge is 2.13. The molecule has 0 fully saturated rings. The Morgan fingerprint density at radius 2 is 1.06 bits per heavy atom. The Labute approximate surface area is 90.4 Å². The normalized spacial score (nSPS) is 11.5. The molecular weight excluding hydrogens is 204 g/mol. The summed E-state index contributed by atoms with van der Waals surface area (Å²) in [6, 6.07) is 6.76. The van der Waals surface area contributed by atoms with Crippen LogP contribution in [0, 0.1) is 20.9 Å². The van der Waals surface area contributed by atoms with E-state index in [0.717, 1.165) is 10.4 Å². The van der Waals surface area contributed by atoms with Gasteiger partial charge in [-0.25, -0.2) is 0 Å². The van der Waals surface area contributed by atoms with E-state index in [4.69, 9.17) is 11.5 Å². The highest BCUT2D eigenvalue weighted by molar-refractivity contribution is 5.60. The lowest BCUT2D eigenvalue weighted by Gasteiger charge is -2.10. The maximum absolute atomic E-state index is 9.81. The van der Waals surface area contributed by atoms with Crippen molar-refractivity contribution in [3.8, 4) is 11.5 Å². The van der Waals surface area contributed by atoms with Crippen LogP contribution >= 0.6 is 0 Å². The number of benzene rings is 2. The minimum Gasteiger partial charge on any atom is -0.505 e. The highest BCUT2D eigenvalue weighted by Crippen LogP contribution is 2.32. The summed E-state index contributed by atoms with van der Waals surface area (Å²) in [4.78, 5) is 0. The highest BCUT2D eigenvalue weighted by atomic mass is 16.3. The van der Waals surface area contributed by atoms with E-state index in [1.54, 1.807) is 24.3 Å². The van der Waals surface area contributed by atoms with Crippen molar-refractivity contribution in [2.45, 2.75) is 0 Å². The van der Waals surface area contributed by atoms with Gasteiger partial charge in [-0.1, -0.05) is 12.1 Å². The van der Waals surface area contributed by atoms with Crippen molar-refractivity contribution in [2.24, 2.45) is 0 Å². The maximum atomic E-state index is 9.81. The number of nitrogens with two attached hydrogens (primary N) is 2. The number of phenols is 2. The lowest BCUT2D eigenvalue weighted by molar-refractivity contribution is 0.466. The van der Waals surface area contributed by atoms with E-state index in [2.05, 4.69) is 0 Å². The summed E-state index contributed by atoms with van der Waals surface area (Å²) in [5.41, 5.74) is 11.9. The van der Waals surface area contributed by atoms with Gasteiger partial charge in [0, 0.05) is 10.4 Å². The van der Waals surface area contributed by atoms with Crippen molar-refractivity contribution in [3.05, 3.63) is 45.1 Å². The third kappa shape index (κ3) is 0.839. The zero-order valence-corrected chi connectivity index (χ0v) is 8.36. The predicted molar refractivity (Wildman–Crippen MR) is 60.4 cm³/mol. The molecule has 0 aliphatic heterocycles. The summed E-state index contributed by atoms with van der Waals surface area (Å²) >= 11 is 0. The molecule has 1 aliphatic rings. The summed E-state index contributed by atoms with van der Waals surface area (Å²) in [6.07, 6.45) is 0. The van der Waals surface area contributed by atoms with E-state index in [9.17, 15) is 10.2 Å². The van der Waals surface area contributed by atoms with Crippen LogP contribution in [0.1, 0.15) is 0 Å². The van der Waals surface area contributed by atoms with Crippen LogP contribution < -0.4 is 11.5 Å². The smallest absolute Gasteiger partial charge is 0.146 e. The molecule has 4 nitrogen and oxygen atoms in total. The lowest BCUT2D eigenvalue weighted by atomic mass is 9.98. The molecule has 2 aromatic carbocycles. The molecule has 0 unspecified atom stereocenters. The minimum atomic E-state index is 0.0640. The van der Waals surface area contributed by atoms with E-state index in [0.29, 0.717) is 21.8 Å². The summed E-state index contributed by atoms with van der Waals surface area (Å²) < 4.78 is 0. The number of anilines is 2. The number of nitrogen functional groups attached to an aromatic ring is 2. The molecular formula is C12H10N2O2. The van der Waals surface area contributed by atoms with Crippen LogP contribution in [0.5, 0.6) is 11.5 Å². The van der Waals surface area contributed by atoms with Crippen molar-refractivity contribution >= 4 is 11.4 Å². The molecule has 3 rings (SSSR count). The monoisotopic (exact) mass is 214 g/mol. The number of phenolic OH excluding ortho intramolecular Hbond substituents is 2. The number of hydrogen-bond acceptors (Lipinski definition) is 4. The van der Waals surface area contributed by atoms with Gasteiger partial charge in [-0.05, 0) is 22.6 Å². The van der Waals surface area contributed by atoms with Gasteiger partial charge >= 0.3 is 0 Å². The van der Waals surface area contributed by atoms with Crippen LogP contribution in [0.15, 0.2) is 24.3 Å². The molecule has 0 heterocycles. The van der Waals surface area contributed by atoms with E-state index in [1.807, 2.05) is 0 Å².